The SMILES string of the molecule is CC(C)=CCCC(C)C(Cl)=C=O. The van der Waals surface area contributed by atoms with E-state index in [0.717, 1.165) is 12.8 Å². The summed E-state index contributed by atoms with van der Waals surface area (Å²) in [5, 5.41) is 0.303. The highest BCUT2D eigenvalue weighted by Gasteiger charge is 2.05. The van der Waals surface area contributed by atoms with Crippen molar-refractivity contribution in [3.05, 3.63) is 16.7 Å². The highest BCUT2D eigenvalue weighted by atomic mass is 35.5. The molecule has 0 amide bonds. The molecule has 0 aromatic heterocycles. The van der Waals surface area contributed by atoms with E-state index in [-0.39, 0.29) is 5.92 Å². The second-order valence-corrected chi connectivity index (χ2v) is 3.62. The Balaban J connectivity index is 3.80. The summed E-state index contributed by atoms with van der Waals surface area (Å²) in [7, 11) is 0. The van der Waals surface area contributed by atoms with Crippen molar-refractivity contribution < 1.29 is 4.79 Å². The van der Waals surface area contributed by atoms with Gasteiger partial charge in [-0.05, 0) is 26.7 Å². The van der Waals surface area contributed by atoms with E-state index in [1.54, 1.807) is 5.94 Å². The molecule has 0 aromatic carbocycles. The third kappa shape index (κ3) is 5.17. The zero-order chi connectivity index (χ0) is 9.56. The number of carbonyl (C=O) groups excluding carboxylic acids is 1. The maximum Gasteiger partial charge on any atom is 0.140 e. The maximum absolute atomic E-state index is 10.1. The Kier molecular flexibility index (Phi) is 5.79. The van der Waals surface area contributed by atoms with Crippen LogP contribution in [0.4, 0.5) is 0 Å². The summed E-state index contributed by atoms with van der Waals surface area (Å²) in [6.45, 7) is 6.05. The molecule has 0 fully saturated rings. The highest BCUT2D eigenvalue weighted by molar-refractivity contribution is 6.33. The van der Waals surface area contributed by atoms with Crippen molar-refractivity contribution in [2.75, 3.05) is 0 Å². The van der Waals surface area contributed by atoms with Gasteiger partial charge in [-0.25, -0.2) is 4.79 Å². The minimum atomic E-state index is 0.139. The van der Waals surface area contributed by atoms with Crippen LogP contribution < -0.4 is 0 Å². The van der Waals surface area contributed by atoms with Gasteiger partial charge in [-0.1, -0.05) is 30.2 Å². The van der Waals surface area contributed by atoms with Crippen molar-refractivity contribution >= 4 is 17.5 Å². The minimum Gasteiger partial charge on any atom is -0.232 e. The molecule has 0 bridgehead atoms. The quantitative estimate of drug-likeness (QED) is 0.486. The number of hydrogen-bond donors (Lipinski definition) is 0. The molecule has 12 heavy (non-hydrogen) atoms. The molecular weight excluding hydrogens is 172 g/mol. The van der Waals surface area contributed by atoms with Gasteiger partial charge in [-0.15, -0.1) is 0 Å². The summed E-state index contributed by atoms with van der Waals surface area (Å²) in [5.41, 5.74) is 1.30. The molecule has 1 nitrogen and oxygen atoms in total. The van der Waals surface area contributed by atoms with E-state index in [9.17, 15) is 4.79 Å². The predicted molar refractivity (Wildman–Crippen MR) is 52.9 cm³/mol. The summed E-state index contributed by atoms with van der Waals surface area (Å²) in [4.78, 5) is 10.1. The first-order chi connectivity index (χ1) is 5.57. The third-order valence-corrected chi connectivity index (χ3v) is 2.13. The molecule has 0 N–H and O–H groups in total. The number of allylic oxidation sites excluding steroid dienone is 3. The van der Waals surface area contributed by atoms with Crippen LogP contribution in [0.25, 0.3) is 0 Å². The smallest absolute Gasteiger partial charge is 0.140 e. The number of rotatable bonds is 4. The fourth-order valence-electron chi connectivity index (χ4n) is 0.849. The van der Waals surface area contributed by atoms with Crippen molar-refractivity contribution in [1.82, 2.24) is 0 Å². The van der Waals surface area contributed by atoms with E-state index < -0.39 is 0 Å². The molecule has 0 aliphatic rings. The average molecular weight is 187 g/mol. The van der Waals surface area contributed by atoms with Crippen molar-refractivity contribution in [1.29, 1.82) is 0 Å². The lowest BCUT2D eigenvalue weighted by Gasteiger charge is -2.04. The topological polar surface area (TPSA) is 17.1 Å². The first-order valence-corrected chi connectivity index (χ1v) is 4.49. The molecule has 0 aliphatic carbocycles. The van der Waals surface area contributed by atoms with Gasteiger partial charge in [0.25, 0.3) is 0 Å². The van der Waals surface area contributed by atoms with E-state index in [0.29, 0.717) is 5.03 Å². The Hall–Kier alpha value is -0.520. The van der Waals surface area contributed by atoms with Gasteiger partial charge in [0.2, 0.25) is 0 Å². The maximum atomic E-state index is 10.1. The summed E-state index contributed by atoms with van der Waals surface area (Å²) < 4.78 is 0. The molecule has 0 spiro atoms. The second kappa shape index (κ2) is 6.05. The first kappa shape index (κ1) is 11.5. The molecule has 0 saturated carbocycles. The largest absolute Gasteiger partial charge is 0.232 e. The van der Waals surface area contributed by atoms with E-state index in [4.69, 9.17) is 11.6 Å². The molecule has 0 rings (SSSR count). The van der Waals surface area contributed by atoms with Crippen LogP contribution in [-0.2, 0) is 4.79 Å². The van der Waals surface area contributed by atoms with Crippen LogP contribution in [-0.4, -0.2) is 5.94 Å². The average Bonchev–Trinajstić information content (AvgIpc) is 2.02. The van der Waals surface area contributed by atoms with Crippen molar-refractivity contribution in [2.24, 2.45) is 5.92 Å². The molecule has 0 aliphatic heterocycles. The molecule has 0 heterocycles. The zero-order valence-electron chi connectivity index (χ0n) is 7.86. The summed E-state index contributed by atoms with van der Waals surface area (Å²) in [6.07, 6.45) is 4.03. The standard InChI is InChI=1S/C10H15ClO/c1-8(2)5-4-6-9(3)10(11)7-12/h5,9H,4,6H2,1-3H3. The Labute approximate surface area is 79.1 Å². The predicted octanol–water partition coefficient (Wildman–Crippen LogP) is 3.32. The van der Waals surface area contributed by atoms with Gasteiger partial charge in [0, 0.05) is 5.92 Å². The van der Waals surface area contributed by atoms with E-state index >= 15 is 0 Å². The molecule has 0 saturated heterocycles. The molecular formula is C10H15ClO. The van der Waals surface area contributed by atoms with Gasteiger partial charge < -0.3 is 0 Å². The Morgan fingerprint density at radius 1 is 1.58 bits per heavy atom. The van der Waals surface area contributed by atoms with Crippen LogP contribution in [0.1, 0.15) is 33.6 Å². The monoisotopic (exact) mass is 186 g/mol. The van der Waals surface area contributed by atoms with Crippen molar-refractivity contribution in [3.8, 4) is 0 Å². The molecule has 1 atom stereocenters. The zero-order valence-corrected chi connectivity index (χ0v) is 8.61. The van der Waals surface area contributed by atoms with Gasteiger partial charge in [0.05, 0.1) is 0 Å². The molecule has 1 unspecified atom stereocenters. The van der Waals surface area contributed by atoms with Crippen LogP contribution in [0.2, 0.25) is 0 Å². The van der Waals surface area contributed by atoms with E-state index in [1.165, 1.54) is 5.57 Å². The lowest BCUT2D eigenvalue weighted by Crippen LogP contribution is -1.93. The molecule has 68 valence electrons. The number of halogens is 1. The Morgan fingerprint density at radius 3 is 2.58 bits per heavy atom. The minimum absolute atomic E-state index is 0.139. The van der Waals surface area contributed by atoms with Crippen LogP contribution in [0, 0.1) is 5.92 Å². The van der Waals surface area contributed by atoms with Gasteiger partial charge in [-0.2, -0.15) is 0 Å². The molecule has 0 aromatic rings. The summed E-state index contributed by atoms with van der Waals surface area (Å²) in [6, 6.07) is 0. The van der Waals surface area contributed by atoms with Crippen LogP contribution in [0.5, 0.6) is 0 Å². The van der Waals surface area contributed by atoms with Gasteiger partial charge in [-0.3, -0.25) is 0 Å². The van der Waals surface area contributed by atoms with Gasteiger partial charge in [0.15, 0.2) is 0 Å². The third-order valence-electron chi connectivity index (χ3n) is 1.68. The van der Waals surface area contributed by atoms with E-state index in [1.807, 2.05) is 6.92 Å². The Morgan fingerprint density at radius 2 is 2.17 bits per heavy atom. The lowest BCUT2D eigenvalue weighted by atomic mass is 10.0. The fourth-order valence-corrected chi connectivity index (χ4v) is 0.958. The van der Waals surface area contributed by atoms with Gasteiger partial charge in [0.1, 0.15) is 11.0 Å². The van der Waals surface area contributed by atoms with Crippen molar-refractivity contribution in [2.45, 2.75) is 33.6 Å². The van der Waals surface area contributed by atoms with Crippen LogP contribution in [0.3, 0.4) is 0 Å². The molecule has 0 radical (unpaired) electrons. The molecule has 2 heteroatoms. The normalized spacial score (nSPS) is 11.7. The number of hydrogen-bond acceptors (Lipinski definition) is 1. The first-order valence-electron chi connectivity index (χ1n) is 4.11. The van der Waals surface area contributed by atoms with Gasteiger partial charge >= 0.3 is 0 Å². The Bertz CT molecular complexity index is 208. The van der Waals surface area contributed by atoms with Crippen LogP contribution >= 0.6 is 11.6 Å². The van der Waals surface area contributed by atoms with Crippen molar-refractivity contribution in [3.63, 3.8) is 0 Å². The van der Waals surface area contributed by atoms with E-state index in [2.05, 4.69) is 19.9 Å². The lowest BCUT2D eigenvalue weighted by molar-refractivity contribution is 0.561. The second-order valence-electron chi connectivity index (χ2n) is 3.21. The summed E-state index contributed by atoms with van der Waals surface area (Å²) in [5.74, 6) is 1.85. The van der Waals surface area contributed by atoms with Crippen LogP contribution in [0.15, 0.2) is 16.7 Å². The summed E-state index contributed by atoms with van der Waals surface area (Å²) >= 11 is 5.60. The fraction of sp³-hybridized carbons (Fsp3) is 0.600. The highest BCUT2D eigenvalue weighted by Crippen LogP contribution is 2.17.